The molecule has 2 atom stereocenters. The van der Waals surface area contributed by atoms with E-state index in [1.54, 1.807) is 6.07 Å². The van der Waals surface area contributed by atoms with Gasteiger partial charge >= 0.3 is 5.97 Å². The minimum atomic E-state index is -0.712. The molecule has 1 aromatic heterocycles. The highest BCUT2D eigenvalue weighted by Gasteiger charge is 2.29. The first-order chi connectivity index (χ1) is 9.04. The maximum absolute atomic E-state index is 10.9. The number of aromatic nitrogens is 2. The van der Waals surface area contributed by atoms with Crippen LogP contribution in [0, 0.1) is 5.92 Å². The van der Waals surface area contributed by atoms with Crippen LogP contribution in [-0.2, 0) is 4.79 Å². The second-order valence-electron chi connectivity index (χ2n) is 5.10. The quantitative estimate of drug-likeness (QED) is 0.846. The van der Waals surface area contributed by atoms with E-state index in [2.05, 4.69) is 15.3 Å². The molecule has 1 saturated carbocycles. The lowest BCUT2D eigenvalue weighted by Gasteiger charge is -2.14. The fourth-order valence-corrected chi connectivity index (χ4v) is 2.27. The first kappa shape index (κ1) is 13.6. The first-order valence-electron chi connectivity index (χ1n) is 6.52. The Balaban J connectivity index is 1.94. The highest BCUT2D eigenvalue weighted by molar-refractivity contribution is 5.70. The van der Waals surface area contributed by atoms with Crippen molar-refractivity contribution in [1.82, 2.24) is 9.97 Å². The van der Waals surface area contributed by atoms with Crippen LogP contribution in [-0.4, -0.2) is 33.2 Å². The van der Waals surface area contributed by atoms with Gasteiger partial charge in [0.25, 0.3) is 0 Å². The van der Waals surface area contributed by atoms with Gasteiger partial charge in [0.15, 0.2) is 0 Å². The van der Waals surface area contributed by atoms with Gasteiger partial charge in [-0.2, -0.15) is 0 Å². The molecule has 1 aromatic rings. The SMILES string of the molecule is CC(C)Oc1cc(N[C@H]2CC[C@@H](C(=O)O)C2)ncn1. The number of rotatable bonds is 5. The van der Waals surface area contributed by atoms with E-state index in [0.717, 1.165) is 6.42 Å². The highest BCUT2D eigenvalue weighted by Crippen LogP contribution is 2.28. The summed E-state index contributed by atoms with van der Waals surface area (Å²) in [4.78, 5) is 19.1. The molecule has 0 amide bonds. The van der Waals surface area contributed by atoms with Gasteiger partial charge in [-0.15, -0.1) is 0 Å². The predicted molar refractivity (Wildman–Crippen MR) is 70.2 cm³/mol. The second-order valence-corrected chi connectivity index (χ2v) is 5.10. The maximum atomic E-state index is 10.9. The van der Waals surface area contributed by atoms with E-state index in [0.29, 0.717) is 24.5 Å². The minimum Gasteiger partial charge on any atom is -0.481 e. The summed E-state index contributed by atoms with van der Waals surface area (Å²) in [5.41, 5.74) is 0. The largest absolute Gasteiger partial charge is 0.481 e. The van der Waals surface area contributed by atoms with Crippen LogP contribution in [0.2, 0.25) is 0 Å². The number of aliphatic carboxylic acids is 1. The molecular formula is C13H19N3O3. The zero-order chi connectivity index (χ0) is 13.8. The van der Waals surface area contributed by atoms with E-state index in [-0.39, 0.29) is 18.1 Å². The normalized spacial score (nSPS) is 22.5. The third-order valence-electron chi connectivity index (χ3n) is 3.13. The summed E-state index contributed by atoms with van der Waals surface area (Å²) in [6.45, 7) is 3.87. The average Bonchev–Trinajstić information content (AvgIpc) is 2.77. The van der Waals surface area contributed by atoms with Crippen molar-refractivity contribution in [3.05, 3.63) is 12.4 Å². The van der Waals surface area contributed by atoms with Crippen molar-refractivity contribution < 1.29 is 14.6 Å². The summed E-state index contributed by atoms with van der Waals surface area (Å²) in [6.07, 6.45) is 3.71. The van der Waals surface area contributed by atoms with Crippen LogP contribution in [0.15, 0.2) is 12.4 Å². The number of ether oxygens (including phenoxy) is 1. The number of carboxylic acid groups (broad SMARTS) is 1. The van der Waals surface area contributed by atoms with Crippen molar-refractivity contribution in [2.75, 3.05) is 5.32 Å². The van der Waals surface area contributed by atoms with Gasteiger partial charge in [-0.05, 0) is 33.1 Å². The lowest BCUT2D eigenvalue weighted by atomic mass is 10.1. The fourth-order valence-electron chi connectivity index (χ4n) is 2.27. The van der Waals surface area contributed by atoms with Gasteiger partial charge in [-0.1, -0.05) is 0 Å². The van der Waals surface area contributed by atoms with Crippen LogP contribution in [0.4, 0.5) is 5.82 Å². The lowest BCUT2D eigenvalue weighted by molar-refractivity contribution is -0.141. The number of carboxylic acids is 1. The molecule has 1 heterocycles. The van der Waals surface area contributed by atoms with E-state index in [1.165, 1.54) is 6.33 Å². The molecule has 0 aliphatic heterocycles. The number of carbonyl (C=O) groups is 1. The Kier molecular flexibility index (Phi) is 4.19. The Hall–Kier alpha value is -1.85. The highest BCUT2D eigenvalue weighted by atomic mass is 16.5. The molecule has 2 rings (SSSR count). The topological polar surface area (TPSA) is 84.3 Å². The zero-order valence-corrected chi connectivity index (χ0v) is 11.2. The monoisotopic (exact) mass is 265 g/mol. The number of hydrogen-bond acceptors (Lipinski definition) is 5. The Bertz CT molecular complexity index is 451. The summed E-state index contributed by atoms with van der Waals surface area (Å²) in [5, 5.41) is 12.2. The van der Waals surface area contributed by atoms with Crippen LogP contribution >= 0.6 is 0 Å². The fraction of sp³-hybridized carbons (Fsp3) is 0.615. The van der Waals surface area contributed by atoms with Crippen LogP contribution in [0.5, 0.6) is 5.88 Å². The molecule has 0 bridgehead atoms. The van der Waals surface area contributed by atoms with Gasteiger partial charge in [0, 0.05) is 12.1 Å². The van der Waals surface area contributed by atoms with E-state index in [9.17, 15) is 4.79 Å². The van der Waals surface area contributed by atoms with Crippen LogP contribution in [0.25, 0.3) is 0 Å². The first-order valence-corrected chi connectivity index (χ1v) is 6.52. The van der Waals surface area contributed by atoms with Crippen molar-refractivity contribution in [1.29, 1.82) is 0 Å². The summed E-state index contributed by atoms with van der Waals surface area (Å²) in [6, 6.07) is 1.90. The van der Waals surface area contributed by atoms with Crippen molar-refractivity contribution in [2.45, 2.75) is 45.3 Å². The molecule has 1 aliphatic rings. The smallest absolute Gasteiger partial charge is 0.306 e. The molecule has 104 valence electrons. The molecule has 1 fully saturated rings. The minimum absolute atomic E-state index is 0.0608. The average molecular weight is 265 g/mol. The Morgan fingerprint density at radius 2 is 2.26 bits per heavy atom. The van der Waals surface area contributed by atoms with E-state index >= 15 is 0 Å². The molecule has 0 unspecified atom stereocenters. The van der Waals surface area contributed by atoms with Gasteiger partial charge < -0.3 is 15.2 Å². The molecule has 19 heavy (non-hydrogen) atoms. The van der Waals surface area contributed by atoms with Crippen LogP contribution in [0.1, 0.15) is 33.1 Å². The van der Waals surface area contributed by atoms with Crippen molar-refractivity contribution in [3.8, 4) is 5.88 Å². The van der Waals surface area contributed by atoms with E-state index < -0.39 is 5.97 Å². The molecule has 0 radical (unpaired) electrons. The summed E-state index contributed by atoms with van der Waals surface area (Å²) in [5.74, 6) is 0.253. The molecule has 6 nitrogen and oxygen atoms in total. The zero-order valence-electron chi connectivity index (χ0n) is 11.2. The summed E-state index contributed by atoms with van der Waals surface area (Å²) < 4.78 is 5.49. The number of anilines is 1. The molecule has 6 heteroatoms. The van der Waals surface area contributed by atoms with Crippen molar-refractivity contribution in [2.24, 2.45) is 5.92 Å². The summed E-state index contributed by atoms with van der Waals surface area (Å²) >= 11 is 0. The van der Waals surface area contributed by atoms with Gasteiger partial charge in [-0.3, -0.25) is 4.79 Å². The third kappa shape index (κ3) is 3.81. The standard InChI is InChI=1S/C13H19N3O3/c1-8(2)19-12-6-11(14-7-15-12)16-10-4-3-9(5-10)13(17)18/h6-10H,3-5H2,1-2H3,(H,17,18)(H,14,15,16)/t9-,10+/m1/s1. The molecule has 2 N–H and O–H groups in total. The maximum Gasteiger partial charge on any atom is 0.306 e. The molecule has 0 spiro atoms. The van der Waals surface area contributed by atoms with Crippen molar-refractivity contribution >= 4 is 11.8 Å². The Labute approximate surface area is 112 Å². The molecule has 0 aromatic carbocycles. The number of hydrogen-bond donors (Lipinski definition) is 2. The van der Waals surface area contributed by atoms with E-state index in [4.69, 9.17) is 9.84 Å². The van der Waals surface area contributed by atoms with Crippen molar-refractivity contribution in [3.63, 3.8) is 0 Å². The van der Waals surface area contributed by atoms with E-state index in [1.807, 2.05) is 13.8 Å². The predicted octanol–water partition coefficient (Wildman–Crippen LogP) is 1.93. The van der Waals surface area contributed by atoms with Crippen LogP contribution < -0.4 is 10.1 Å². The Morgan fingerprint density at radius 3 is 2.89 bits per heavy atom. The van der Waals surface area contributed by atoms with Crippen LogP contribution in [0.3, 0.4) is 0 Å². The second kappa shape index (κ2) is 5.86. The van der Waals surface area contributed by atoms with Gasteiger partial charge in [0.05, 0.1) is 12.0 Å². The lowest BCUT2D eigenvalue weighted by Crippen LogP contribution is -2.18. The number of nitrogens with one attached hydrogen (secondary N) is 1. The molecule has 0 saturated heterocycles. The number of nitrogens with zero attached hydrogens (tertiary/aromatic N) is 2. The van der Waals surface area contributed by atoms with Gasteiger partial charge in [0.2, 0.25) is 5.88 Å². The third-order valence-corrected chi connectivity index (χ3v) is 3.13. The van der Waals surface area contributed by atoms with Gasteiger partial charge in [-0.25, -0.2) is 9.97 Å². The molecular weight excluding hydrogens is 246 g/mol. The Morgan fingerprint density at radius 1 is 1.47 bits per heavy atom. The summed E-state index contributed by atoms with van der Waals surface area (Å²) in [7, 11) is 0. The van der Waals surface area contributed by atoms with Gasteiger partial charge in [0.1, 0.15) is 12.1 Å². The molecule has 1 aliphatic carbocycles.